The minimum Gasteiger partial charge on any atom is -0.370 e. The third kappa shape index (κ3) is 3.20. The second-order valence-electron chi connectivity index (χ2n) is 3.43. The SMILES string of the molecule is NC(N)=Nc1ccc(Nc2ccccc2)nc1. The molecule has 86 valence electrons. The quantitative estimate of drug-likeness (QED) is 0.550. The zero-order valence-corrected chi connectivity index (χ0v) is 9.17. The zero-order chi connectivity index (χ0) is 12.1. The van der Waals surface area contributed by atoms with E-state index in [9.17, 15) is 0 Å². The first-order valence-corrected chi connectivity index (χ1v) is 5.12. The van der Waals surface area contributed by atoms with Crippen LogP contribution in [0.15, 0.2) is 53.7 Å². The lowest BCUT2D eigenvalue weighted by Crippen LogP contribution is -2.21. The Morgan fingerprint density at radius 1 is 1.06 bits per heavy atom. The third-order valence-corrected chi connectivity index (χ3v) is 2.05. The minimum atomic E-state index is 0.0237. The van der Waals surface area contributed by atoms with Crippen LogP contribution in [-0.2, 0) is 0 Å². The van der Waals surface area contributed by atoms with Crippen LogP contribution in [0.3, 0.4) is 0 Å². The summed E-state index contributed by atoms with van der Waals surface area (Å²) in [6.45, 7) is 0. The number of rotatable bonds is 3. The summed E-state index contributed by atoms with van der Waals surface area (Å²) in [6.07, 6.45) is 1.60. The van der Waals surface area contributed by atoms with E-state index in [1.165, 1.54) is 0 Å². The Hall–Kier alpha value is -2.56. The summed E-state index contributed by atoms with van der Waals surface area (Å²) in [6, 6.07) is 13.4. The molecule has 2 rings (SSSR count). The van der Waals surface area contributed by atoms with Gasteiger partial charge in [-0.2, -0.15) is 0 Å². The van der Waals surface area contributed by atoms with Gasteiger partial charge in [-0.3, -0.25) is 0 Å². The molecule has 0 aliphatic rings. The molecule has 0 spiro atoms. The summed E-state index contributed by atoms with van der Waals surface area (Å²) >= 11 is 0. The Morgan fingerprint density at radius 3 is 2.41 bits per heavy atom. The highest BCUT2D eigenvalue weighted by Crippen LogP contribution is 2.16. The fourth-order valence-electron chi connectivity index (χ4n) is 1.34. The predicted molar refractivity (Wildman–Crippen MR) is 69.4 cm³/mol. The minimum absolute atomic E-state index is 0.0237. The van der Waals surface area contributed by atoms with E-state index in [4.69, 9.17) is 11.5 Å². The van der Waals surface area contributed by atoms with Gasteiger partial charge >= 0.3 is 0 Å². The van der Waals surface area contributed by atoms with Crippen LogP contribution in [-0.4, -0.2) is 10.9 Å². The lowest BCUT2D eigenvalue weighted by atomic mass is 10.3. The maximum Gasteiger partial charge on any atom is 0.191 e. The van der Waals surface area contributed by atoms with Crippen LogP contribution in [0, 0.1) is 0 Å². The van der Waals surface area contributed by atoms with Crippen molar-refractivity contribution < 1.29 is 0 Å². The normalized spacial score (nSPS) is 9.65. The van der Waals surface area contributed by atoms with Gasteiger partial charge in [0.1, 0.15) is 5.82 Å². The molecule has 0 radical (unpaired) electrons. The largest absolute Gasteiger partial charge is 0.370 e. The molecule has 5 N–H and O–H groups in total. The first kappa shape index (κ1) is 10.9. The van der Waals surface area contributed by atoms with Gasteiger partial charge in [-0.1, -0.05) is 18.2 Å². The van der Waals surface area contributed by atoms with Crippen molar-refractivity contribution in [2.45, 2.75) is 0 Å². The van der Waals surface area contributed by atoms with Gasteiger partial charge in [0.05, 0.1) is 11.9 Å². The first-order chi connectivity index (χ1) is 8.24. The van der Waals surface area contributed by atoms with E-state index in [0.717, 1.165) is 11.5 Å². The number of pyridine rings is 1. The maximum atomic E-state index is 5.27. The van der Waals surface area contributed by atoms with Crippen molar-refractivity contribution in [2.24, 2.45) is 16.5 Å². The molecule has 17 heavy (non-hydrogen) atoms. The van der Waals surface area contributed by atoms with Crippen LogP contribution < -0.4 is 16.8 Å². The number of nitrogens with one attached hydrogen (secondary N) is 1. The molecule has 0 saturated heterocycles. The summed E-state index contributed by atoms with van der Waals surface area (Å²) < 4.78 is 0. The highest BCUT2D eigenvalue weighted by molar-refractivity contribution is 5.78. The Bertz CT molecular complexity index is 500. The average Bonchev–Trinajstić information content (AvgIpc) is 2.32. The number of nitrogens with two attached hydrogens (primary N) is 2. The molecule has 0 atom stereocenters. The van der Waals surface area contributed by atoms with E-state index >= 15 is 0 Å². The third-order valence-electron chi connectivity index (χ3n) is 2.05. The van der Waals surface area contributed by atoms with Crippen molar-refractivity contribution in [1.29, 1.82) is 0 Å². The van der Waals surface area contributed by atoms with E-state index in [1.54, 1.807) is 12.3 Å². The molecule has 0 saturated carbocycles. The Morgan fingerprint density at radius 2 is 1.82 bits per heavy atom. The van der Waals surface area contributed by atoms with Crippen molar-refractivity contribution in [3.63, 3.8) is 0 Å². The van der Waals surface area contributed by atoms with Crippen LogP contribution >= 0.6 is 0 Å². The number of benzene rings is 1. The second-order valence-corrected chi connectivity index (χ2v) is 3.43. The molecule has 0 aliphatic carbocycles. The van der Waals surface area contributed by atoms with Crippen molar-refractivity contribution in [2.75, 3.05) is 5.32 Å². The molecular formula is C12H13N5. The molecule has 0 fully saturated rings. The number of guanidine groups is 1. The molecule has 0 bridgehead atoms. The molecule has 5 nitrogen and oxygen atoms in total. The highest BCUT2D eigenvalue weighted by Gasteiger charge is 1.96. The predicted octanol–water partition coefficient (Wildman–Crippen LogP) is 1.73. The number of hydrogen-bond donors (Lipinski definition) is 3. The van der Waals surface area contributed by atoms with E-state index < -0.39 is 0 Å². The summed E-state index contributed by atoms with van der Waals surface area (Å²) in [4.78, 5) is 8.09. The Labute approximate surface area is 99.2 Å². The van der Waals surface area contributed by atoms with Gasteiger partial charge < -0.3 is 16.8 Å². The van der Waals surface area contributed by atoms with Crippen molar-refractivity contribution in [3.05, 3.63) is 48.7 Å². The molecule has 2 aromatic rings. The second kappa shape index (κ2) is 4.98. The molecule has 1 aromatic heterocycles. The fourth-order valence-corrected chi connectivity index (χ4v) is 1.34. The molecular weight excluding hydrogens is 214 g/mol. The van der Waals surface area contributed by atoms with Gasteiger partial charge in [-0.05, 0) is 24.3 Å². The molecule has 5 heteroatoms. The molecule has 0 amide bonds. The zero-order valence-electron chi connectivity index (χ0n) is 9.17. The molecule has 0 unspecified atom stereocenters. The number of aromatic nitrogens is 1. The van der Waals surface area contributed by atoms with E-state index in [2.05, 4.69) is 15.3 Å². The number of nitrogens with zero attached hydrogens (tertiary/aromatic N) is 2. The summed E-state index contributed by atoms with van der Waals surface area (Å²) in [5, 5.41) is 3.16. The Kier molecular flexibility index (Phi) is 3.20. The van der Waals surface area contributed by atoms with E-state index in [0.29, 0.717) is 5.69 Å². The van der Waals surface area contributed by atoms with Crippen molar-refractivity contribution >= 4 is 23.2 Å². The van der Waals surface area contributed by atoms with Crippen LogP contribution in [0.2, 0.25) is 0 Å². The average molecular weight is 227 g/mol. The van der Waals surface area contributed by atoms with Crippen LogP contribution in [0.5, 0.6) is 0 Å². The Balaban J connectivity index is 2.11. The van der Waals surface area contributed by atoms with E-state index in [1.807, 2.05) is 36.4 Å². The number of para-hydroxylation sites is 1. The van der Waals surface area contributed by atoms with Crippen LogP contribution in [0.25, 0.3) is 0 Å². The van der Waals surface area contributed by atoms with Crippen molar-refractivity contribution in [3.8, 4) is 0 Å². The first-order valence-electron chi connectivity index (χ1n) is 5.12. The monoisotopic (exact) mass is 227 g/mol. The highest BCUT2D eigenvalue weighted by atomic mass is 15.0. The number of aliphatic imine (C=N–C) groups is 1. The summed E-state index contributed by atoms with van der Waals surface area (Å²) in [5.41, 5.74) is 12.2. The number of hydrogen-bond acceptors (Lipinski definition) is 3. The van der Waals surface area contributed by atoms with Crippen LogP contribution in [0.4, 0.5) is 17.2 Å². The summed E-state index contributed by atoms with van der Waals surface area (Å²) in [7, 11) is 0. The maximum absolute atomic E-state index is 5.27. The standard InChI is InChI=1S/C12H13N5/c13-12(14)17-10-6-7-11(15-8-10)16-9-4-2-1-3-5-9/h1-8H,(H,15,16)(H4,13,14,17). The summed E-state index contributed by atoms with van der Waals surface area (Å²) in [5.74, 6) is 0.765. The lowest BCUT2D eigenvalue weighted by Gasteiger charge is -2.04. The van der Waals surface area contributed by atoms with Crippen LogP contribution in [0.1, 0.15) is 0 Å². The molecule has 1 aromatic carbocycles. The number of anilines is 2. The van der Waals surface area contributed by atoms with Gasteiger partial charge in [-0.25, -0.2) is 9.98 Å². The fraction of sp³-hybridized carbons (Fsp3) is 0. The molecule has 0 aliphatic heterocycles. The van der Waals surface area contributed by atoms with E-state index in [-0.39, 0.29) is 5.96 Å². The van der Waals surface area contributed by atoms with Gasteiger partial charge in [0, 0.05) is 5.69 Å². The van der Waals surface area contributed by atoms with Gasteiger partial charge in [0.15, 0.2) is 5.96 Å². The lowest BCUT2D eigenvalue weighted by molar-refractivity contribution is 1.28. The van der Waals surface area contributed by atoms with Gasteiger partial charge in [-0.15, -0.1) is 0 Å². The topological polar surface area (TPSA) is 89.3 Å². The van der Waals surface area contributed by atoms with Gasteiger partial charge in [0.2, 0.25) is 0 Å². The smallest absolute Gasteiger partial charge is 0.191 e. The van der Waals surface area contributed by atoms with Crippen molar-refractivity contribution in [1.82, 2.24) is 4.98 Å². The van der Waals surface area contributed by atoms with Gasteiger partial charge in [0.25, 0.3) is 0 Å². The molecule has 1 heterocycles.